The molecule has 0 saturated heterocycles. The molecule has 0 heterocycles. The molecule has 48 valence electrons. The van der Waals surface area contributed by atoms with E-state index in [9.17, 15) is 4.39 Å². The molecule has 0 radical (unpaired) electrons. The third kappa shape index (κ3) is 0.980. The standard InChI is InChI=1S/C5H9FO2/c6-3-1-4(7)5(8)2-3/h3-5,7-8H,1-2H2/t4-,5-/m1/s1. The molecule has 0 aromatic heterocycles. The average Bonchev–Trinajstić information content (AvgIpc) is 1.85. The molecule has 2 nitrogen and oxygen atoms in total. The molecule has 0 amide bonds. The van der Waals surface area contributed by atoms with Crippen LogP contribution in [0.2, 0.25) is 0 Å². The fourth-order valence-corrected chi connectivity index (χ4v) is 0.934. The topological polar surface area (TPSA) is 40.5 Å². The van der Waals surface area contributed by atoms with E-state index < -0.39 is 18.4 Å². The first kappa shape index (κ1) is 5.98. The summed E-state index contributed by atoms with van der Waals surface area (Å²) in [6.07, 6.45) is -2.46. The predicted octanol–water partition coefficient (Wildman–Crippen LogP) is -0.160. The van der Waals surface area contributed by atoms with Crippen molar-refractivity contribution in [3.05, 3.63) is 0 Å². The number of hydrogen-bond donors (Lipinski definition) is 2. The molecule has 1 aliphatic carbocycles. The maximum absolute atomic E-state index is 12.1. The van der Waals surface area contributed by atoms with Crippen LogP contribution in [0.3, 0.4) is 0 Å². The van der Waals surface area contributed by atoms with E-state index in [1.807, 2.05) is 0 Å². The Morgan fingerprint density at radius 1 is 1.12 bits per heavy atom. The van der Waals surface area contributed by atoms with Crippen molar-refractivity contribution < 1.29 is 14.6 Å². The third-order valence-electron chi connectivity index (χ3n) is 1.44. The Bertz CT molecular complexity index is 76.5. The minimum absolute atomic E-state index is 0.0984. The summed E-state index contributed by atoms with van der Waals surface area (Å²) in [6.45, 7) is 0. The van der Waals surface area contributed by atoms with Gasteiger partial charge in [-0.3, -0.25) is 0 Å². The largest absolute Gasteiger partial charge is 0.390 e. The van der Waals surface area contributed by atoms with Crippen molar-refractivity contribution in [3.63, 3.8) is 0 Å². The van der Waals surface area contributed by atoms with E-state index in [0.29, 0.717) is 0 Å². The van der Waals surface area contributed by atoms with Crippen LogP contribution in [0, 0.1) is 0 Å². The molecule has 0 bridgehead atoms. The third-order valence-corrected chi connectivity index (χ3v) is 1.44. The second-order valence-corrected chi connectivity index (χ2v) is 2.20. The van der Waals surface area contributed by atoms with Gasteiger partial charge in [-0.15, -0.1) is 0 Å². The monoisotopic (exact) mass is 120 g/mol. The summed E-state index contributed by atoms with van der Waals surface area (Å²) < 4.78 is 12.1. The molecule has 1 saturated carbocycles. The Kier molecular flexibility index (Phi) is 1.49. The van der Waals surface area contributed by atoms with Crippen molar-refractivity contribution in [2.45, 2.75) is 31.2 Å². The van der Waals surface area contributed by atoms with Crippen LogP contribution in [-0.2, 0) is 0 Å². The predicted molar refractivity (Wildman–Crippen MR) is 26.1 cm³/mol. The molecule has 8 heavy (non-hydrogen) atoms. The molecule has 0 aliphatic heterocycles. The van der Waals surface area contributed by atoms with Gasteiger partial charge in [0.05, 0.1) is 12.2 Å². The van der Waals surface area contributed by atoms with Crippen LogP contribution in [0.4, 0.5) is 4.39 Å². The Balaban J connectivity index is 2.39. The van der Waals surface area contributed by atoms with Gasteiger partial charge in [-0.05, 0) is 0 Å². The van der Waals surface area contributed by atoms with Crippen molar-refractivity contribution in [1.82, 2.24) is 0 Å². The minimum Gasteiger partial charge on any atom is -0.390 e. The van der Waals surface area contributed by atoms with E-state index in [-0.39, 0.29) is 12.8 Å². The van der Waals surface area contributed by atoms with Crippen LogP contribution < -0.4 is 0 Å². The second-order valence-electron chi connectivity index (χ2n) is 2.20. The van der Waals surface area contributed by atoms with Crippen molar-refractivity contribution >= 4 is 0 Å². The zero-order valence-corrected chi connectivity index (χ0v) is 4.42. The van der Waals surface area contributed by atoms with Crippen LogP contribution in [0.5, 0.6) is 0 Å². The Labute approximate surface area is 46.9 Å². The van der Waals surface area contributed by atoms with Gasteiger partial charge < -0.3 is 10.2 Å². The van der Waals surface area contributed by atoms with Gasteiger partial charge in [0, 0.05) is 12.8 Å². The molecule has 0 unspecified atom stereocenters. The minimum atomic E-state index is -1.000. The van der Waals surface area contributed by atoms with Crippen LogP contribution in [0.1, 0.15) is 12.8 Å². The van der Waals surface area contributed by atoms with Crippen molar-refractivity contribution in [2.75, 3.05) is 0 Å². The summed E-state index contributed by atoms with van der Waals surface area (Å²) in [5.74, 6) is 0. The van der Waals surface area contributed by atoms with Gasteiger partial charge in [0.2, 0.25) is 0 Å². The summed E-state index contributed by atoms with van der Waals surface area (Å²) in [6, 6.07) is 0. The molecule has 1 aliphatic rings. The molecule has 0 spiro atoms. The maximum Gasteiger partial charge on any atom is 0.105 e. The number of rotatable bonds is 0. The molecule has 3 heteroatoms. The number of alkyl halides is 1. The summed E-state index contributed by atoms with van der Waals surface area (Å²) >= 11 is 0. The lowest BCUT2D eigenvalue weighted by molar-refractivity contribution is 0.0438. The van der Waals surface area contributed by atoms with Crippen LogP contribution in [0.25, 0.3) is 0 Å². The quantitative estimate of drug-likeness (QED) is 0.466. The molecule has 1 rings (SSSR count). The SMILES string of the molecule is O[C@@H]1CC(F)C[C@H]1O. The van der Waals surface area contributed by atoms with Crippen molar-refractivity contribution in [2.24, 2.45) is 0 Å². The average molecular weight is 120 g/mol. The van der Waals surface area contributed by atoms with E-state index >= 15 is 0 Å². The van der Waals surface area contributed by atoms with Gasteiger partial charge >= 0.3 is 0 Å². The van der Waals surface area contributed by atoms with E-state index in [4.69, 9.17) is 10.2 Å². The number of halogens is 1. The van der Waals surface area contributed by atoms with Crippen molar-refractivity contribution in [3.8, 4) is 0 Å². The molecule has 0 aromatic carbocycles. The second kappa shape index (κ2) is 1.99. The molecule has 0 aromatic rings. The van der Waals surface area contributed by atoms with E-state index in [2.05, 4.69) is 0 Å². The van der Waals surface area contributed by atoms with Crippen LogP contribution >= 0.6 is 0 Å². The van der Waals surface area contributed by atoms with Gasteiger partial charge in [-0.1, -0.05) is 0 Å². The highest BCUT2D eigenvalue weighted by molar-refractivity contribution is 4.82. The summed E-state index contributed by atoms with van der Waals surface area (Å²) in [5.41, 5.74) is 0. The van der Waals surface area contributed by atoms with Gasteiger partial charge in [0.1, 0.15) is 6.17 Å². The van der Waals surface area contributed by atoms with Gasteiger partial charge in [-0.2, -0.15) is 0 Å². The lowest BCUT2D eigenvalue weighted by Gasteiger charge is -2.02. The highest BCUT2D eigenvalue weighted by Crippen LogP contribution is 2.21. The molecule has 2 atom stereocenters. The van der Waals surface area contributed by atoms with Gasteiger partial charge in [0.25, 0.3) is 0 Å². The van der Waals surface area contributed by atoms with Crippen molar-refractivity contribution in [1.29, 1.82) is 0 Å². The fraction of sp³-hybridized carbons (Fsp3) is 1.00. The first-order chi connectivity index (χ1) is 3.70. The first-order valence-electron chi connectivity index (χ1n) is 2.70. The molecular weight excluding hydrogens is 111 g/mol. The zero-order chi connectivity index (χ0) is 6.15. The number of aliphatic hydroxyl groups excluding tert-OH is 2. The lowest BCUT2D eigenvalue weighted by atomic mass is 10.3. The fourth-order valence-electron chi connectivity index (χ4n) is 0.934. The normalized spacial score (nSPS) is 40.9. The van der Waals surface area contributed by atoms with E-state index in [1.54, 1.807) is 0 Å². The zero-order valence-electron chi connectivity index (χ0n) is 4.42. The van der Waals surface area contributed by atoms with Gasteiger partial charge in [0.15, 0.2) is 0 Å². The Morgan fingerprint density at radius 2 is 1.50 bits per heavy atom. The number of aliphatic hydroxyl groups is 2. The molecular formula is C5H9FO2. The summed E-state index contributed by atoms with van der Waals surface area (Å²) in [5, 5.41) is 17.4. The Morgan fingerprint density at radius 3 is 1.62 bits per heavy atom. The van der Waals surface area contributed by atoms with E-state index in [0.717, 1.165) is 0 Å². The summed E-state index contributed by atoms with van der Waals surface area (Å²) in [7, 11) is 0. The van der Waals surface area contributed by atoms with Crippen LogP contribution in [-0.4, -0.2) is 28.6 Å². The number of hydrogen-bond acceptors (Lipinski definition) is 2. The highest BCUT2D eigenvalue weighted by Gasteiger charge is 2.30. The lowest BCUT2D eigenvalue weighted by Crippen LogP contribution is -2.17. The smallest absolute Gasteiger partial charge is 0.105 e. The molecule has 2 N–H and O–H groups in total. The Hall–Kier alpha value is -0.150. The van der Waals surface area contributed by atoms with Crippen LogP contribution in [0.15, 0.2) is 0 Å². The van der Waals surface area contributed by atoms with E-state index in [1.165, 1.54) is 0 Å². The summed E-state index contributed by atoms with van der Waals surface area (Å²) in [4.78, 5) is 0. The highest BCUT2D eigenvalue weighted by atomic mass is 19.1. The first-order valence-corrected chi connectivity index (χ1v) is 2.70. The van der Waals surface area contributed by atoms with Gasteiger partial charge in [-0.25, -0.2) is 4.39 Å². The maximum atomic E-state index is 12.1. The molecule has 1 fully saturated rings.